The van der Waals surface area contributed by atoms with Gasteiger partial charge < -0.3 is 19.9 Å². The predicted molar refractivity (Wildman–Crippen MR) is 124 cm³/mol. The third-order valence-corrected chi connectivity index (χ3v) is 6.48. The van der Waals surface area contributed by atoms with E-state index in [2.05, 4.69) is 28.2 Å². The molecule has 0 aromatic heterocycles. The predicted octanol–water partition coefficient (Wildman–Crippen LogP) is 6.24. The standard InChI is InChI=1S/C25H23BrFNO4/c1-13-22(14-7-8-20(31-2)21(10-14)32-3)18-11-16(26)12-19(25(29)30)24(18)28-23(13)15-5-4-6-17(27)9-15/h4-13,22-23,28H,1-3H3,(H,29,30)/t13-,22-,23-/m1/s1. The summed E-state index contributed by atoms with van der Waals surface area (Å²) < 4.78 is 25.6. The second-order valence-corrected chi connectivity index (χ2v) is 8.77. The average molecular weight is 500 g/mol. The fourth-order valence-corrected chi connectivity index (χ4v) is 5.06. The summed E-state index contributed by atoms with van der Waals surface area (Å²) >= 11 is 3.46. The molecule has 5 nitrogen and oxygen atoms in total. The molecular weight excluding hydrogens is 477 g/mol. The Kier molecular flexibility index (Phi) is 6.11. The highest BCUT2D eigenvalue weighted by Crippen LogP contribution is 2.50. The minimum Gasteiger partial charge on any atom is -0.493 e. The summed E-state index contributed by atoms with van der Waals surface area (Å²) in [5.41, 5.74) is 3.26. The maximum Gasteiger partial charge on any atom is 0.337 e. The smallest absolute Gasteiger partial charge is 0.337 e. The highest BCUT2D eigenvalue weighted by Gasteiger charge is 2.38. The van der Waals surface area contributed by atoms with Gasteiger partial charge in [0.05, 0.1) is 31.5 Å². The first-order chi connectivity index (χ1) is 15.3. The van der Waals surface area contributed by atoms with Gasteiger partial charge in [-0.1, -0.05) is 41.1 Å². The number of carboxylic acids is 1. The number of carboxylic acid groups (broad SMARTS) is 1. The molecule has 0 unspecified atom stereocenters. The van der Waals surface area contributed by atoms with E-state index in [0.717, 1.165) is 16.7 Å². The molecule has 0 bridgehead atoms. The lowest BCUT2D eigenvalue weighted by atomic mass is 9.72. The molecule has 3 aromatic rings. The number of rotatable bonds is 5. The van der Waals surface area contributed by atoms with Crippen LogP contribution in [0.5, 0.6) is 11.5 Å². The van der Waals surface area contributed by atoms with Crippen LogP contribution >= 0.6 is 15.9 Å². The molecule has 1 aliphatic rings. The van der Waals surface area contributed by atoms with Crippen LogP contribution in [0.15, 0.2) is 59.1 Å². The van der Waals surface area contributed by atoms with E-state index in [1.807, 2.05) is 30.3 Å². The molecule has 3 atom stereocenters. The molecule has 0 amide bonds. The van der Waals surface area contributed by atoms with Crippen LogP contribution in [0.2, 0.25) is 0 Å². The van der Waals surface area contributed by atoms with E-state index < -0.39 is 5.97 Å². The first-order valence-corrected chi connectivity index (χ1v) is 10.9. The summed E-state index contributed by atoms with van der Waals surface area (Å²) in [5, 5.41) is 13.3. The molecule has 3 aromatic carbocycles. The van der Waals surface area contributed by atoms with Crippen LogP contribution in [0, 0.1) is 11.7 Å². The lowest BCUT2D eigenvalue weighted by Gasteiger charge is -2.40. The normalized spacial score (nSPS) is 19.6. The summed E-state index contributed by atoms with van der Waals surface area (Å²) in [6.07, 6.45) is 0. The Bertz CT molecular complexity index is 1180. The maximum absolute atomic E-state index is 14.0. The topological polar surface area (TPSA) is 67.8 Å². The van der Waals surface area contributed by atoms with Crippen molar-refractivity contribution < 1.29 is 23.8 Å². The number of methoxy groups -OCH3 is 2. The second kappa shape index (κ2) is 8.82. The minimum absolute atomic E-state index is 0.0293. The number of ether oxygens (including phenoxy) is 2. The van der Waals surface area contributed by atoms with Crippen molar-refractivity contribution >= 4 is 27.6 Å². The molecule has 166 valence electrons. The van der Waals surface area contributed by atoms with E-state index in [1.54, 1.807) is 26.4 Å². The molecule has 0 aliphatic carbocycles. The SMILES string of the molecule is COc1ccc([C@@H]2c3cc(Br)cc(C(=O)O)c3N[C@@H](c3cccc(F)c3)[C@@H]2C)cc1OC. The Morgan fingerprint density at radius 2 is 1.78 bits per heavy atom. The van der Waals surface area contributed by atoms with E-state index in [0.29, 0.717) is 21.7 Å². The Balaban J connectivity index is 1.95. The zero-order chi connectivity index (χ0) is 23.0. The number of benzene rings is 3. The first kappa shape index (κ1) is 22.1. The van der Waals surface area contributed by atoms with Gasteiger partial charge in [-0.3, -0.25) is 0 Å². The van der Waals surface area contributed by atoms with E-state index in [4.69, 9.17) is 9.47 Å². The molecule has 4 rings (SSSR count). The number of fused-ring (bicyclic) bond motifs is 1. The van der Waals surface area contributed by atoms with Crippen LogP contribution in [0.4, 0.5) is 10.1 Å². The van der Waals surface area contributed by atoms with Crippen molar-refractivity contribution in [3.8, 4) is 11.5 Å². The van der Waals surface area contributed by atoms with Gasteiger partial charge in [0.2, 0.25) is 0 Å². The zero-order valence-corrected chi connectivity index (χ0v) is 19.4. The van der Waals surface area contributed by atoms with E-state index in [-0.39, 0.29) is 29.3 Å². The largest absolute Gasteiger partial charge is 0.493 e. The van der Waals surface area contributed by atoms with Crippen molar-refractivity contribution in [3.05, 3.63) is 87.1 Å². The molecular formula is C25H23BrFNO4. The number of nitrogens with one attached hydrogen (secondary N) is 1. The summed E-state index contributed by atoms with van der Waals surface area (Å²) in [7, 11) is 3.16. The Morgan fingerprint density at radius 1 is 1.03 bits per heavy atom. The van der Waals surface area contributed by atoms with Gasteiger partial charge in [-0.25, -0.2) is 9.18 Å². The van der Waals surface area contributed by atoms with Crippen molar-refractivity contribution in [2.45, 2.75) is 18.9 Å². The molecule has 0 spiro atoms. The molecule has 1 aliphatic heterocycles. The van der Waals surface area contributed by atoms with Gasteiger partial charge in [0, 0.05) is 10.4 Å². The molecule has 7 heteroatoms. The van der Waals surface area contributed by atoms with Crippen LogP contribution < -0.4 is 14.8 Å². The fourth-order valence-electron chi connectivity index (χ4n) is 4.58. The van der Waals surface area contributed by atoms with Crippen molar-refractivity contribution in [1.29, 1.82) is 0 Å². The van der Waals surface area contributed by atoms with Crippen LogP contribution in [0.25, 0.3) is 0 Å². The lowest BCUT2D eigenvalue weighted by molar-refractivity contribution is 0.0697. The van der Waals surface area contributed by atoms with Crippen LogP contribution in [-0.2, 0) is 0 Å². The molecule has 0 saturated heterocycles. The molecule has 0 fully saturated rings. The molecule has 32 heavy (non-hydrogen) atoms. The Labute approximate surface area is 194 Å². The highest BCUT2D eigenvalue weighted by atomic mass is 79.9. The zero-order valence-electron chi connectivity index (χ0n) is 17.9. The quantitative estimate of drug-likeness (QED) is 0.434. The van der Waals surface area contributed by atoms with Crippen LogP contribution in [-0.4, -0.2) is 25.3 Å². The highest BCUT2D eigenvalue weighted by molar-refractivity contribution is 9.10. The molecule has 2 N–H and O–H groups in total. The van der Waals surface area contributed by atoms with Gasteiger partial charge >= 0.3 is 5.97 Å². The Morgan fingerprint density at radius 3 is 2.44 bits per heavy atom. The number of hydrogen-bond acceptors (Lipinski definition) is 4. The van der Waals surface area contributed by atoms with Gasteiger partial charge in [0.1, 0.15) is 5.82 Å². The summed E-state index contributed by atoms with van der Waals surface area (Å²) in [4.78, 5) is 12.1. The molecule has 0 radical (unpaired) electrons. The summed E-state index contributed by atoms with van der Waals surface area (Å²) in [6.45, 7) is 2.08. The monoisotopic (exact) mass is 499 g/mol. The van der Waals surface area contributed by atoms with E-state index >= 15 is 0 Å². The van der Waals surface area contributed by atoms with Gasteiger partial charge in [0.15, 0.2) is 11.5 Å². The number of carbonyl (C=O) groups is 1. The lowest BCUT2D eigenvalue weighted by Crippen LogP contribution is -2.32. The number of halogens is 2. The van der Waals surface area contributed by atoms with Crippen molar-refractivity contribution in [2.75, 3.05) is 19.5 Å². The van der Waals surface area contributed by atoms with Crippen LogP contribution in [0.3, 0.4) is 0 Å². The third-order valence-electron chi connectivity index (χ3n) is 6.03. The van der Waals surface area contributed by atoms with Crippen molar-refractivity contribution in [2.24, 2.45) is 5.92 Å². The molecule has 1 heterocycles. The van der Waals surface area contributed by atoms with Gasteiger partial charge in [-0.15, -0.1) is 0 Å². The molecule has 0 saturated carbocycles. The van der Waals surface area contributed by atoms with Gasteiger partial charge in [-0.05, 0) is 59.0 Å². The summed E-state index contributed by atoms with van der Waals surface area (Å²) in [6, 6.07) is 15.4. The first-order valence-electron chi connectivity index (χ1n) is 10.1. The van der Waals surface area contributed by atoms with E-state index in [9.17, 15) is 14.3 Å². The van der Waals surface area contributed by atoms with Gasteiger partial charge in [-0.2, -0.15) is 0 Å². The van der Waals surface area contributed by atoms with Crippen molar-refractivity contribution in [3.63, 3.8) is 0 Å². The average Bonchev–Trinajstić information content (AvgIpc) is 2.77. The van der Waals surface area contributed by atoms with E-state index in [1.165, 1.54) is 12.1 Å². The third kappa shape index (κ3) is 3.93. The second-order valence-electron chi connectivity index (χ2n) is 7.85. The number of anilines is 1. The fraction of sp³-hybridized carbons (Fsp3) is 0.240. The van der Waals surface area contributed by atoms with Gasteiger partial charge in [0.25, 0.3) is 0 Å². The number of aromatic carboxylic acids is 1. The Hall–Kier alpha value is -3.06. The van der Waals surface area contributed by atoms with Crippen LogP contribution in [0.1, 0.15) is 45.9 Å². The van der Waals surface area contributed by atoms with Crippen molar-refractivity contribution in [1.82, 2.24) is 0 Å². The number of hydrogen-bond donors (Lipinski definition) is 2. The minimum atomic E-state index is -1.03. The maximum atomic E-state index is 14.0. The summed E-state index contributed by atoms with van der Waals surface area (Å²) in [5.74, 6) is -0.366.